The molecule has 1 aromatic heterocycles. The first kappa shape index (κ1) is 30.5. The highest BCUT2D eigenvalue weighted by atomic mass is 79.9. The molecule has 3 heterocycles. The number of piperazine rings is 1. The van der Waals surface area contributed by atoms with Gasteiger partial charge in [0.1, 0.15) is 6.04 Å². The van der Waals surface area contributed by atoms with E-state index in [1.165, 1.54) is 12.1 Å². The molecule has 2 aliphatic heterocycles. The summed E-state index contributed by atoms with van der Waals surface area (Å²) in [4.78, 5) is 33.2. The van der Waals surface area contributed by atoms with Crippen molar-refractivity contribution in [1.82, 2.24) is 23.6 Å². The predicted molar refractivity (Wildman–Crippen MR) is 162 cm³/mol. The zero-order chi connectivity index (χ0) is 29.9. The van der Waals surface area contributed by atoms with Crippen LogP contribution in [-0.2, 0) is 24.7 Å². The number of carbonyl (C=O) groups excluding carboxylic acids is 2. The molecule has 0 saturated carbocycles. The maximum Gasteiger partial charge on any atom is 0.253 e. The van der Waals surface area contributed by atoms with E-state index < -0.39 is 31.8 Å². The van der Waals surface area contributed by atoms with Crippen LogP contribution in [0.5, 0.6) is 0 Å². The van der Waals surface area contributed by atoms with Crippen molar-refractivity contribution < 1.29 is 26.4 Å². The number of pyridine rings is 1. The number of aldehydes is 1. The van der Waals surface area contributed by atoms with Crippen molar-refractivity contribution in [3.63, 3.8) is 0 Å². The summed E-state index contributed by atoms with van der Waals surface area (Å²) >= 11 is 3.17. The van der Waals surface area contributed by atoms with Crippen LogP contribution in [0.3, 0.4) is 0 Å². The third-order valence-corrected chi connectivity index (χ3v) is 12.1. The fraction of sp³-hybridized carbons (Fsp3) is 0.370. The minimum atomic E-state index is -4.18. The first-order valence-electron chi connectivity index (χ1n) is 13.4. The molecule has 0 radical (unpaired) electrons. The Kier molecular flexibility index (Phi) is 9.25. The SMILES string of the molecule is O=Cc1cc(S(=O)(=O)N(Br)CC(C(=O)NN2CCN(c3ccncc3)CC2)N2CCS(=O)(=O)CC2)cc2ccccc12. The standard InChI is InChI=1S/C27H31BrN6O6S2/c28-34(42(39,40)24-17-21-3-1-2-4-25(21)22(18-24)20-35)19-26(32-13-15-41(37,38)16-14-32)27(36)30-33-11-9-31(10-12-33)23-5-7-29-8-6-23/h1-8,17-18,20,26H,9-16,19H2,(H,30,36). The van der Waals surface area contributed by atoms with Crippen molar-refractivity contribution in [3.8, 4) is 0 Å². The van der Waals surface area contributed by atoms with Crippen molar-refractivity contribution in [3.05, 3.63) is 66.5 Å². The normalized spacial score (nSPS) is 19.0. The van der Waals surface area contributed by atoms with E-state index in [2.05, 4.69) is 31.5 Å². The molecule has 2 fully saturated rings. The highest BCUT2D eigenvalue weighted by Gasteiger charge is 2.36. The van der Waals surface area contributed by atoms with Crippen LogP contribution in [0.15, 0.2) is 65.8 Å². The van der Waals surface area contributed by atoms with Crippen LogP contribution in [-0.4, -0.2) is 111 Å². The van der Waals surface area contributed by atoms with Crippen LogP contribution in [0.1, 0.15) is 10.4 Å². The Balaban J connectivity index is 1.33. The van der Waals surface area contributed by atoms with E-state index in [0.29, 0.717) is 43.2 Å². The molecule has 42 heavy (non-hydrogen) atoms. The molecular weight excluding hydrogens is 648 g/mol. The van der Waals surface area contributed by atoms with Crippen LogP contribution < -0.4 is 10.3 Å². The maximum absolute atomic E-state index is 13.6. The summed E-state index contributed by atoms with van der Waals surface area (Å²) in [7, 11) is -7.42. The van der Waals surface area contributed by atoms with Crippen LogP contribution in [0.4, 0.5) is 5.69 Å². The van der Waals surface area contributed by atoms with Crippen molar-refractivity contribution in [2.75, 3.05) is 62.2 Å². The Morgan fingerprint density at radius 3 is 2.36 bits per heavy atom. The first-order chi connectivity index (χ1) is 20.1. The van der Waals surface area contributed by atoms with E-state index in [0.717, 1.165) is 9.02 Å². The van der Waals surface area contributed by atoms with Gasteiger partial charge in [-0.25, -0.2) is 21.8 Å². The number of rotatable bonds is 9. The zero-order valence-corrected chi connectivity index (χ0v) is 25.9. The van der Waals surface area contributed by atoms with Crippen molar-refractivity contribution in [1.29, 1.82) is 0 Å². The monoisotopic (exact) mass is 678 g/mol. The Bertz CT molecular complexity index is 1650. The second-order valence-corrected chi connectivity index (χ2v) is 15.7. The van der Waals surface area contributed by atoms with Gasteiger partial charge in [0.15, 0.2) is 16.1 Å². The molecule has 1 unspecified atom stereocenters. The van der Waals surface area contributed by atoms with Crippen molar-refractivity contribution in [2.45, 2.75) is 10.9 Å². The summed E-state index contributed by atoms with van der Waals surface area (Å²) in [5, 5.41) is 3.01. The number of fused-ring (bicyclic) bond motifs is 1. The van der Waals surface area contributed by atoms with Gasteiger partial charge in [-0.3, -0.25) is 24.9 Å². The highest BCUT2D eigenvalue weighted by molar-refractivity contribution is 9.08. The number of sulfone groups is 1. The van der Waals surface area contributed by atoms with Crippen LogP contribution in [0.2, 0.25) is 0 Å². The van der Waals surface area contributed by atoms with Gasteiger partial charge in [0, 0.05) is 79.1 Å². The van der Waals surface area contributed by atoms with E-state index in [1.54, 1.807) is 46.6 Å². The third-order valence-electron chi connectivity index (χ3n) is 7.57. The molecule has 0 aliphatic carbocycles. The molecule has 2 aromatic carbocycles. The van der Waals surface area contributed by atoms with Gasteiger partial charge in [0.2, 0.25) is 0 Å². The van der Waals surface area contributed by atoms with Gasteiger partial charge in [-0.1, -0.05) is 24.3 Å². The van der Waals surface area contributed by atoms with Gasteiger partial charge in [0.25, 0.3) is 15.9 Å². The first-order valence-corrected chi connectivity index (χ1v) is 17.4. The molecular formula is C27H31BrN6O6S2. The number of anilines is 1. The number of hydrogen-bond acceptors (Lipinski definition) is 10. The summed E-state index contributed by atoms with van der Waals surface area (Å²) in [6.07, 6.45) is 4.06. The summed E-state index contributed by atoms with van der Waals surface area (Å²) < 4.78 is 52.4. The second kappa shape index (κ2) is 12.7. The molecule has 2 saturated heterocycles. The third kappa shape index (κ3) is 6.82. The molecule has 0 spiro atoms. The highest BCUT2D eigenvalue weighted by Crippen LogP contribution is 2.27. The molecule has 5 rings (SSSR count). The van der Waals surface area contributed by atoms with Gasteiger partial charge in [-0.2, -0.15) is 0 Å². The van der Waals surface area contributed by atoms with Gasteiger partial charge < -0.3 is 4.90 Å². The lowest BCUT2D eigenvalue weighted by molar-refractivity contribution is -0.131. The number of carbonyl (C=O) groups is 2. The number of aromatic nitrogens is 1. The predicted octanol–water partition coefficient (Wildman–Crippen LogP) is 1.30. The molecule has 1 atom stereocenters. The molecule has 1 N–H and O–H groups in total. The number of halogens is 1. The maximum atomic E-state index is 13.6. The lowest BCUT2D eigenvalue weighted by Crippen LogP contribution is -2.61. The molecule has 1 amide bonds. The van der Waals surface area contributed by atoms with E-state index >= 15 is 0 Å². The topological polar surface area (TPSA) is 140 Å². The van der Waals surface area contributed by atoms with Crippen molar-refractivity contribution >= 4 is 64.7 Å². The molecule has 0 bridgehead atoms. The van der Waals surface area contributed by atoms with E-state index in [4.69, 9.17) is 0 Å². The smallest absolute Gasteiger partial charge is 0.253 e. The zero-order valence-electron chi connectivity index (χ0n) is 22.7. The Morgan fingerprint density at radius 2 is 1.69 bits per heavy atom. The fourth-order valence-corrected chi connectivity index (χ4v) is 8.29. The molecule has 2 aliphatic rings. The largest absolute Gasteiger partial charge is 0.369 e. The van der Waals surface area contributed by atoms with Crippen LogP contribution in [0.25, 0.3) is 10.8 Å². The van der Waals surface area contributed by atoms with Crippen molar-refractivity contribution in [2.24, 2.45) is 0 Å². The van der Waals surface area contributed by atoms with E-state index in [-0.39, 0.29) is 41.6 Å². The number of amides is 1. The molecule has 224 valence electrons. The number of hydrogen-bond donors (Lipinski definition) is 1. The van der Waals surface area contributed by atoms with Gasteiger partial charge in [-0.15, -0.1) is 3.33 Å². The Morgan fingerprint density at radius 1 is 1.02 bits per heavy atom. The number of nitrogens with one attached hydrogen (secondary N) is 1. The average Bonchev–Trinajstić information content (AvgIpc) is 3.00. The van der Waals surface area contributed by atoms with Gasteiger partial charge in [-0.05, 0) is 35.0 Å². The Hall–Kier alpha value is -2.95. The summed E-state index contributed by atoms with van der Waals surface area (Å²) in [5.74, 6) is -0.675. The minimum Gasteiger partial charge on any atom is -0.369 e. The molecule has 12 nitrogen and oxygen atoms in total. The lowest BCUT2D eigenvalue weighted by Gasteiger charge is -2.39. The van der Waals surface area contributed by atoms with E-state index in [9.17, 15) is 26.4 Å². The number of sulfonamides is 1. The number of benzene rings is 2. The second-order valence-electron chi connectivity index (χ2n) is 10.2. The minimum absolute atomic E-state index is 0.0996. The Labute approximate surface area is 253 Å². The summed E-state index contributed by atoms with van der Waals surface area (Å²) in [5.41, 5.74) is 4.19. The van der Waals surface area contributed by atoms with E-state index in [1.807, 2.05) is 12.1 Å². The summed E-state index contributed by atoms with van der Waals surface area (Å²) in [6, 6.07) is 12.6. The number of hydrazine groups is 1. The van der Waals surface area contributed by atoms with Crippen LogP contribution >= 0.6 is 16.1 Å². The number of nitrogens with zero attached hydrogens (tertiary/aromatic N) is 5. The average molecular weight is 680 g/mol. The summed E-state index contributed by atoms with van der Waals surface area (Å²) in [6.45, 7) is 2.32. The fourth-order valence-electron chi connectivity index (χ4n) is 5.17. The molecule has 15 heteroatoms. The quantitative estimate of drug-likeness (QED) is 0.260. The van der Waals surface area contributed by atoms with Gasteiger partial charge in [0.05, 0.1) is 22.9 Å². The molecule has 3 aromatic rings. The van der Waals surface area contributed by atoms with Gasteiger partial charge >= 0.3 is 0 Å². The van der Waals surface area contributed by atoms with Crippen LogP contribution in [0, 0.1) is 0 Å². The lowest BCUT2D eigenvalue weighted by atomic mass is 10.1.